The first-order valence-corrected chi connectivity index (χ1v) is 3.57. The molecule has 0 unspecified atom stereocenters. The molecule has 0 atom stereocenters. The summed E-state index contributed by atoms with van der Waals surface area (Å²) in [5, 5.41) is 3.03. The van der Waals surface area contributed by atoms with Gasteiger partial charge in [0.25, 0.3) is 0 Å². The van der Waals surface area contributed by atoms with Gasteiger partial charge in [-0.1, -0.05) is 13.8 Å². The summed E-state index contributed by atoms with van der Waals surface area (Å²) in [5.41, 5.74) is -0.167. The standard InChI is InChI=1S/C8H13NO/c1-8(2)4-6-9-5-3-7(8)10/h3,5,9H,4,6H2,1-2H3. The van der Waals surface area contributed by atoms with Crippen LogP contribution in [0.3, 0.4) is 0 Å². The third-order valence-electron chi connectivity index (χ3n) is 1.91. The van der Waals surface area contributed by atoms with Gasteiger partial charge >= 0.3 is 0 Å². The van der Waals surface area contributed by atoms with Gasteiger partial charge in [0.15, 0.2) is 5.78 Å². The molecule has 1 aliphatic rings. The van der Waals surface area contributed by atoms with Crippen LogP contribution in [0.2, 0.25) is 0 Å². The van der Waals surface area contributed by atoms with Gasteiger partial charge in [-0.15, -0.1) is 0 Å². The minimum atomic E-state index is -0.167. The number of ketones is 1. The molecule has 2 heteroatoms. The van der Waals surface area contributed by atoms with Gasteiger partial charge in [-0.05, 0) is 18.7 Å². The lowest BCUT2D eigenvalue weighted by Gasteiger charge is -2.18. The number of rotatable bonds is 0. The quantitative estimate of drug-likeness (QED) is 0.544. The maximum atomic E-state index is 11.2. The van der Waals surface area contributed by atoms with Crippen LogP contribution in [0, 0.1) is 5.41 Å². The Labute approximate surface area is 61.3 Å². The molecule has 1 aliphatic heterocycles. The number of carbonyl (C=O) groups excluding carboxylic acids is 1. The summed E-state index contributed by atoms with van der Waals surface area (Å²) in [5.74, 6) is 0.220. The van der Waals surface area contributed by atoms with E-state index in [2.05, 4.69) is 5.32 Å². The van der Waals surface area contributed by atoms with E-state index in [0.717, 1.165) is 13.0 Å². The second-order valence-electron chi connectivity index (χ2n) is 3.29. The van der Waals surface area contributed by atoms with E-state index in [9.17, 15) is 4.79 Å². The largest absolute Gasteiger partial charge is 0.391 e. The fourth-order valence-electron chi connectivity index (χ4n) is 0.951. The van der Waals surface area contributed by atoms with Crippen molar-refractivity contribution in [2.75, 3.05) is 6.54 Å². The lowest BCUT2D eigenvalue weighted by atomic mass is 9.85. The SMILES string of the molecule is CC1(C)CCNC=CC1=O. The molecule has 0 aromatic heterocycles. The van der Waals surface area contributed by atoms with Gasteiger partial charge in [0, 0.05) is 12.0 Å². The van der Waals surface area contributed by atoms with Gasteiger partial charge in [0.2, 0.25) is 0 Å². The number of carbonyl (C=O) groups is 1. The van der Waals surface area contributed by atoms with Crippen molar-refractivity contribution in [2.45, 2.75) is 20.3 Å². The molecule has 10 heavy (non-hydrogen) atoms. The van der Waals surface area contributed by atoms with Crippen LogP contribution in [0.25, 0.3) is 0 Å². The Bertz CT molecular complexity index is 170. The van der Waals surface area contributed by atoms with E-state index >= 15 is 0 Å². The number of hydrogen-bond donors (Lipinski definition) is 1. The zero-order valence-corrected chi connectivity index (χ0v) is 6.48. The molecule has 56 valence electrons. The van der Waals surface area contributed by atoms with E-state index in [1.54, 1.807) is 12.3 Å². The molecular weight excluding hydrogens is 126 g/mol. The van der Waals surface area contributed by atoms with Crippen molar-refractivity contribution in [3.63, 3.8) is 0 Å². The first-order chi connectivity index (χ1) is 4.63. The highest BCUT2D eigenvalue weighted by Crippen LogP contribution is 2.22. The van der Waals surface area contributed by atoms with Crippen LogP contribution in [0.5, 0.6) is 0 Å². The van der Waals surface area contributed by atoms with E-state index in [1.807, 2.05) is 13.8 Å². The zero-order chi connectivity index (χ0) is 7.61. The maximum absolute atomic E-state index is 11.2. The number of nitrogens with one attached hydrogen (secondary N) is 1. The average molecular weight is 139 g/mol. The van der Waals surface area contributed by atoms with Gasteiger partial charge in [-0.3, -0.25) is 4.79 Å². The van der Waals surface area contributed by atoms with E-state index < -0.39 is 0 Å². The Morgan fingerprint density at radius 1 is 1.60 bits per heavy atom. The van der Waals surface area contributed by atoms with Crippen molar-refractivity contribution in [3.05, 3.63) is 12.3 Å². The first kappa shape index (κ1) is 7.32. The van der Waals surface area contributed by atoms with Crippen LogP contribution in [0.15, 0.2) is 12.3 Å². The predicted octanol–water partition coefficient (Wildman–Crippen LogP) is 1.09. The molecule has 1 N–H and O–H groups in total. The smallest absolute Gasteiger partial charge is 0.162 e. The molecule has 0 aromatic rings. The molecule has 0 fully saturated rings. The lowest BCUT2D eigenvalue weighted by molar-refractivity contribution is -0.122. The molecule has 0 aliphatic carbocycles. The lowest BCUT2D eigenvalue weighted by Crippen LogP contribution is -2.23. The average Bonchev–Trinajstić information content (AvgIpc) is 1.96. The fourth-order valence-corrected chi connectivity index (χ4v) is 0.951. The van der Waals surface area contributed by atoms with Crippen LogP contribution < -0.4 is 5.32 Å². The second kappa shape index (κ2) is 2.45. The Kier molecular flexibility index (Phi) is 1.79. The van der Waals surface area contributed by atoms with Crippen LogP contribution in [0.1, 0.15) is 20.3 Å². The number of hydrogen-bond acceptors (Lipinski definition) is 2. The summed E-state index contributed by atoms with van der Waals surface area (Å²) in [4.78, 5) is 11.2. The fraction of sp³-hybridized carbons (Fsp3) is 0.625. The zero-order valence-electron chi connectivity index (χ0n) is 6.48. The normalized spacial score (nSPS) is 23.6. The van der Waals surface area contributed by atoms with E-state index in [0.29, 0.717) is 0 Å². The van der Waals surface area contributed by atoms with Gasteiger partial charge in [0.1, 0.15) is 0 Å². The van der Waals surface area contributed by atoms with Crippen LogP contribution in [-0.4, -0.2) is 12.3 Å². The Balaban J connectivity index is 2.75. The third kappa shape index (κ3) is 1.38. The molecule has 0 radical (unpaired) electrons. The first-order valence-electron chi connectivity index (χ1n) is 3.57. The summed E-state index contributed by atoms with van der Waals surface area (Å²) in [7, 11) is 0. The van der Waals surface area contributed by atoms with Crippen molar-refractivity contribution >= 4 is 5.78 Å². The minimum Gasteiger partial charge on any atom is -0.391 e. The van der Waals surface area contributed by atoms with E-state index in [4.69, 9.17) is 0 Å². The van der Waals surface area contributed by atoms with Gasteiger partial charge in [0.05, 0.1) is 0 Å². The molecule has 0 saturated heterocycles. The highest BCUT2D eigenvalue weighted by molar-refractivity contribution is 5.94. The van der Waals surface area contributed by atoms with E-state index in [1.165, 1.54) is 0 Å². The van der Waals surface area contributed by atoms with Crippen molar-refractivity contribution in [3.8, 4) is 0 Å². The molecule has 0 amide bonds. The summed E-state index contributed by atoms with van der Waals surface area (Å²) < 4.78 is 0. The summed E-state index contributed by atoms with van der Waals surface area (Å²) >= 11 is 0. The highest BCUT2D eigenvalue weighted by atomic mass is 16.1. The Hall–Kier alpha value is -0.790. The maximum Gasteiger partial charge on any atom is 0.162 e. The topological polar surface area (TPSA) is 29.1 Å². The Morgan fingerprint density at radius 3 is 3.00 bits per heavy atom. The molecule has 0 aromatic carbocycles. The van der Waals surface area contributed by atoms with Gasteiger partial charge in [-0.25, -0.2) is 0 Å². The summed E-state index contributed by atoms with van der Waals surface area (Å²) in [6.07, 6.45) is 4.27. The van der Waals surface area contributed by atoms with Gasteiger partial charge < -0.3 is 5.32 Å². The molecular formula is C8H13NO. The molecule has 0 spiro atoms. The summed E-state index contributed by atoms with van der Waals surface area (Å²) in [6, 6.07) is 0. The minimum absolute atomic E-state index is 0.167. The molecule has 1 heterocycles. The van der Waals surface area contributed by atoms with Crippen molar-refractivity contribution in [2.24, 2.45) is 5.41 Å². The van der Waals surface area contributed by atoms with Crippen molar-refractivity contribution < 1.29 is 4.79 Å². The van der Waals surface area contributed by atoms with Crippen LogP contribution in [0.4, 0.5) is 0 Å². The van der Waals surface area contributed by atoms with Crippen molar-refractivity contribution in [1.29, 1.82) is 0 Å². The molecule has 1 rings (SSSR count). The highest BCUT2D eigenvalue weighted by Gasteiger charge is 2.25. The second-order valence-corrected chi connectivity index (χ2v) is 3.29. The van der Waals surface area contributed by atoms with Crippen molar-refractivity contribution in [1.82, 2.24) is 5.32 Å². The van der Waals surface area contributed by atoms with E-state index in [-0.39, 0.29) is 11.2 Å². The van der Waals surface area contributed by atoms with Crippen LogP contribution in [-0.2, 0) is 4.79 Å². The number of allylic oxidation sites excluding steroid dienone is 1. The molecule has 0 bridgehead atoms. The van der Waals surface area contributed by atoms with Gasteiger partial charge in [-0.2, -0.15) is 0 Å². The third-order valence-corrected chi connectivity index (χ3v) is 1.91. The predicted molar refractivity (Wildman–Crippen MR) is 40.5 cm³/mol. The Morgan fingerprint density at radius 2 is 2.30 bits per heavy atom. The summed E-state index contributed by atoms with van der Waals surface area (Å²) in [6.45, 7) is 4.86. The monoisotopic (exact) mass is 139 g/mol. The van der Waals surface area contributed by atoms with Crippen LogP contribution >= 0.6 is 0 Å². The molecule has 0 saturated carbocycles. The molecule has 2 nitrogen and oxygen atoms in total.